The fourth-order valence-electron chi connectivity index (χ4n) is 3.57. The summed E-state index contributed by atoms with van der Waals surface area (Å²) in [5, 5.41) is 9.64. The molecule has 2 aromatic heterocycles. The fraction of sp³-hybridized carbons (Fsp3) is 0.364. The maximum absolute atomic E-state index is 12.6. The van der Waals surface area contributed by atoms with Gasteiger partial charge in [-0.1, -0.05) is 35.5 Å². The molecule has 1 fully saturated rings. The topological polar surface area (TPSA) is 91.6 Å². The lowest BCUT2D eigenvalue weighted by Crippen LogP contribution is -2.42. The zero-order valence-corrected chi connectivity index (χ0v) is 18.2. The molecule has 3 aromatic rings. The standard InChI is InChI=1S/C22H25N5O3S/c1-16-24-18(15-31-16)14-26-8-5-9-27(11-10-26)21(28)13-23-22(29)19-12-20(30-25-19)17-6-3-2-4-7-17/h2-4,6-7,12,15H,5,8-11,13-14H2,1H3,(H,23,29). The second-order valence-electron chi connectivity index (χ2n) is 7.49. The van der Waals surface area contributed by atoms with Gasteiger partial charge in [-0.15, -0.1) is 11.3 Å². The minimum Gasteiger partial charge on any atom is -0.355 e. The molecule has 1 N–H and O–H groups in total. The van der Waals surface area contributed by atoms with Gasteiger partial charge in [-0.05, 0) is 13.3 Å². The normalized spacial score (nSPS) is 14.9. The lowest BCUT2D eigenvalue weighted by molar-refractivity contribution is -0.130. The van der Waals surface area contributed by atoms with Crippen LogP contribution in [0.15, 0.2) is 46.3 Å². The summed E-state index contributed by atoms with van der Waals surface area (Å²) < 4.78 is 5.26. The first-order valence-corrected chi connectivity index (χ1v) is 11.2. The van der Waals surface area contributed by atoms with E-state index in [1.807, 2.05) is 42.2 Å². The first-order valence-electron chi connectivity index (χ1n) is 10.3. The number of benzene rings is 1. The number of nitrogens with one attached hydrogen (secondary N) is 1. The Morgan fingerprint density at radius 2 is 2.00 bits per heavy atom. The summed E-state index contributed by atoms with van der Waals surface area (Å²) in [4.78, 5) is 33.7. The summed E-state index contributed by atoms with van der Waals surface area (Å²) in [5.41, 5.74) is 2.08. The number of carbonyl (C=O) groups is 2. The van der Waals surface area contributed by atoms with Crippen LogP contribution in [-0.4, -0.2) is 64.5 Å². The van der Waals surface area contributed by atoms with Gasteiger partial charge in [0.1, 0.15) is 0 Å². The number of rotatable bonds is 6. The van der Waals surface area contributed by atoms with Crippen LogP contribution < -0.4 is 5.32 Å². The SMILES string of the molecule is Cc1nc(CN2CCCN(C(=O)CNC(=O)c3cc(-c4ccccc4)on3)CC2)cs1. The molecule has 1 aliphatic rings. The molecule has 0 aliphatic carbocycles. The van der Waals surface area contributed by atoms with Crippen molar-refractivity contribution in [2.45, 2.75) is 19.9 Å². The first-order chi connectivity index (χ1) is 15.1. The van der Waals surface area contributed by atoms with Gasteiger partial charge in [0.25, 0.3) is 5.91 Å². The van der Waals surface area contributed by atoms with Crippen LogP contribution in [0, 0.1) is 6.92 Å². The molecule has 1 aliphatic heterocycles. The third-order valence-corrected chi connectivity index (χ3v) is 6.02. The molecule has 162 valence electrons. The number of carbonyl (C=O) groups excluding carboxylic acids is 2. The average Bonchev–Trinajstić information content (AvgIpc) is 3.37. The van der Waals surface area contributed by atoms with Gasteiger partial charge < -0.3 is 14.7 Å². The second kappa shape index (κ2) is 9.84. The van der Waals surface area contributed by atoms with E-state index < -0.39 is 5.91 Å². The minimum atomic E-state index is -0.422. The fourth-order valence-corrected chi connectivity index (χ4v) is 4.17. The van der Waals surface area contributed by atoms with Crippen LogP contribution in [0.3, 0.4) is 0 Å². The Balaban J connectivity index is 1.26. The lowest BCUT2D eigenvalue weighted by Gasteiger charge is -2.21. The van der Waals surface area contributed by atoms with E-state index >= 15 is 0 Å². The maximum Gasteiger partial charge on any atom is 0.273 e. The summed E-state index contributed by atoms with van der Waals surface area (Å²) in [6.45, 7) is 5.79. The molecule has 3 heterocycles. The Labute approximate surface area is 184 Å². The molecular weight excluding hydrogens is 414 g/mol. The minimum absolute atomic E-state index is 0.0579. The summed E-state index contributed by atoms with van der Waals surface area (Å²) in [6.07, 6.45) is 0.895. The molecule has 4 rings (SSSR count). The number of nitrogens with zero attached hydrogens (tertiary/aromatic N) is 4. The van der Waals surface area contributed by atoms with Crippen molar-refractivity contribution in [3.8, 4) is 11.3 Å². The highest BCUT2D eigenvalue weighted by Gasteiger charge is 2.21. The van der Waals surface area contributed by atoms with E-state index in [0.717, 1.165) is 42.3 Å². The van der Waals surface area contributed by atoms with E-state index in [9.17, 15) is 9.59 Å². The van der Waals surface area contributed by atoms with Gasteiger partial charge in [0.05, 0.1) is 17.2 Å². The van der Waals surface area contributed by atoms with Crippen LogP contribution in [0.1, 0.15) is 27.6 Å². The average molecular weight is 440 g/mol. The number of aryl methyl sites for hydroxylation is 1. The quantitative estimate of drug-likeness (QED) is 0.635. The highest BCUT2D eigenvalue weighted by atomic mass is 32.1. The zero-order chi connectivity index (χ0) is 21.6. The predicted octanol–water partition coefficient (Wildman–Crippen LogP) is 2.57. The van der Waals surface area contributed by atoms with E-state index in [1.54, 1.807) is 17.4 Å². The number of hydrogen-bond donors (Lipinski definition) is 1. The van der Waals surface area contributed by atoms with E-state index in [2.05, 4.69) is 25.7 Å². The molecule has 0 atom stereocenters. The van der Waals surface area contributed by atoms with Crippen molar-refractivity contribution in [2.75, 3.05) is 32.7 Å². The van der Waals surface area contributed by atoms with Gasteiger partial charge in [-0.25, -0.2) is 4.98 Å². The molecule has 8 nitrogen and oxygen atoms in total. The molecule has 1 saturated heterocycles. The molecule has 0 radical (unpaired) electrons. The Morgan fingerprint density at radius 3 is 2.77 bits per heavy atom. The van der Waals surface area contributed by atoms with Crippen molar-refractivity contribution < 1.29 is 14.1 Å². The van der Waals surface area contributed by atoms with Gasteiger partial charge in [-0.3, -0.25) is 14.5 Å². The van der Waals surface area contributed by atoms with Gasteiger partial charge in [0.2, 0.25) is 5.91 Å². The van der Waals surface area contributed by atoms with Crippen LogP contribution >= 0.6 is 11.3 Å². The number of aromatic nitrogens is 2. The molecule has 0 bridgehead atoms. The number of thiazole rings is 1. The first kappa shape index (κ1) is 21.2. The highest BCUT2D eigenvalue weighted by Crippen LogP contribution is 2.19. The molecule has 0 spiro atoms. The predicted molar refractivity (Wildman–Crippen MR) is 118 cm³/mol. The summed E-state index contributed by atoms with van der Waals surface area (Å²) >= 11 is 1.66. The van der Waals surface area contributed by atoms with Crippen molar-refractivity contribution >= 4 is 23.2 Å². The Morgan fingerprint density at radius 1 is 1.16 bits per heavy atom. The number of amides is 2. The van der Waals surface area contributed by atoms with Crippen LogP contribution in [0.5, 0.6) is 0 Å². The third-order valence-electron chi connectivity index (χ3n) is 5.19. The third kappa shape index (κ3) is 5.56. The summed E-state index contributed by atoms with van der Waals surface area (Å²) in [7, 11) is 0. The van der Waals surface area contributed by atoms with Crippen molar-refractivity contribution in [3.05, 3.63) is 58.2 Å². The molecule has 1 aromatic carbocycles. The maximum atomic E-state index is 12.6. The van der Waals surface area contributed by atoms with E-state index in [1.165, 1.54) is 0 Å². The van der Waals surface area contributed by atoms with Gasteiger partial charge >= 0.3 is 0 Å². The highest BCUT2D eigenvalue weighted by molar-refractivity contribution is 7.09. The zero-order valence-electron chi connectivity index (χ0n) is 17.4. The lowest BCUT2D eigenvalue weighted by atomic mass is 10.1. The molecule has 0 saturated carbocycles. The van der Waals surface area contributed by atoms with Gasteiger partial charge in [0.15, 0.2) is 11.5 Å². The molecule has 2 amide bonds. The molecule has 9 heteroatoms. The molecule has 31 heavy (non-hydrogen) atoms. The van der Waals surface area contributed by atoms with Crippen molar-refractivity contribution in [2.24, 2.45) is 0 Å². The van der Waals surface area contributed by atoms with Gasteiger partial charge in [-0.2, -0.15) is 0 Å². The Hall–Kier alpha value is -3.04. The van der Waals surface area contributed by atoms with Crippen molar-refractivity contribution in [3.63, 3.8) is 0 Å². The van der Waals surface area contributed by atoms with Crippen molar-refractivity contribution in [1.82, 2.24) is 25.3 Å². The van der Waals surface area contributed by atoms with E-state index in [0.29, 0.717) is 18.8 Å². The smallest absolute Gasteiger partial charge is 0.273 e. The van der Waals surface area contributed by atoms with Crippen LogP contribution in [0.4, 0.5) is 0 Å². The van der Waals surface area contributed by atoms with E-state index in [4.69, 9.17) is 4.52 Å². The molecule has 0 unspecified atom stereocenters. The van der Waals surface area contributed by atoms with Crippen molar-refractivity contribution in [1.29, 1.82) is 0 Å². The Kier molecular flexibility index (Phi) is 6.73. The number of hydrogen-bond acceptors (Lipinski definition) is 7. The summed E-state index contributed by atoms with van der Waals surface area (Å²) in [6, 6.07) is 11.0. The monoisotopic (exact) mass is 439 g/mol. The summed E-state index contributed by atoms with van der Waals surface area (Å²) in [5.74, 6) is 0.00102. The van der Waals surface area contributed by atoms with Crippen LogP contribution in [0.25, 0.3) is 11.3 Å². The van der Waals surface area contributed by atoms with E-state index in [-0.39, 0.29) is 18.1 Å². The molecular formula is C22H25N5O3S. The second-order valence-corrected chi connectivity index (χ2v) is 8.56. The van der Waals surface area contributed by atoms with Crippen LogP contribution in [0.2, 0.25) is 0 Å². The largest absolute Gasteiger partial charge is 0.355 e. The Bertz CT molecular complexity index is 1030. The van der Waals surface area contributed by atoms with Gasteiger partial charge in [0, 0.05) is 49.7 Å². The van der Waals surface area contributed by atoms with Crippen LogP contribution in [-0.2, 0) is 11.3 Å².